The van der Waals surface area contributed by atoms with Gasteiger partial charge in [0.2, 0.25) is 5.91 Å². The Hall–Kier alpha value is -1.57. The molecule has 1 aliphatic rings. The molecule has 0 atom stereocenters. The lowest BCUT2D eigenvalue weighted by Crippen LogP contribution is -2.41. The molecule has 25 heavy (non-hydrogen) atoms. The fraction of sp³-hybridized carbons (Fsp3) is 0.471. The highest BCUT2D eigenvalue weighted by Gasteiger charge is 2.52. The first kappa shape index (κ1) is 19.8. The van der Waals surface area contributed by atoms with E-state index in [-0.39, 0.29) is 18.1 Å². The van der Waals surface area contributed by atoms with Gasteiger partial charge < -0.3 is 20.4 Å². The van der Waals surface area contributed by atoms with Crippen LogP contribution in [-0.2, 0) is 14.1 Å². The third-order valence-corrected chi connectivity index (χ3v) is 4.88. The molecule has 1 fully saturated rings. The summed E-state index contributed by atoms with van der Waals surface area (Å²) in [6.45, 7) is 9.32. The maximum Gasteiger partial charge on any atom is 0.492 e. The molecule has 0 aromatic heterocycles. The number of carbonyl (C=O) groups excluding carboxylic acids is 1. The van der Waals surface area contributed by atoms with Crippen molar-refractivity contribution >= 4 is 36.4 Å². The molecule has 0 radical (unpaired) electrons. The maximum absolute atomic E-state index is 13.8. The summed E-state index contributed by atoms with van der Waals surface area (Å²) in [7, 11) is -0.687. The highest BCUT2D eigenvalue weighted by molar-refractivity contribution is 6.56. The number of halogens is 2. The van der Waals surface area contributed by atoms with Crippen LogP contribution < -0.4 is 11.1 Å². The van der Waals surface area contributed by atoms with Crippen molar-refractivity contribution in [3.63, 3.8) is 0 Å². The first-order valence-corrected chi connectivity index (χ1v) is 8.36. The monoisotopic (exact) mass is 368 g/mol. The standard InChI is InChI=1S/C17H23BClFN2O3/c1-10(23)22-9-12(18-24-16(2,3)17(4,5)25-18)6-11-7-14(20)15(21)8-13(11)19/h6-8H,9,21H2,1-5H3,(H,22,23). The smallest absolute Gasteiger partial charge is 0.400 e. The molecule has 1 aromatic rings. The number of anilines is 1. The molecule has 0 unspecified atom stereocenters. The second-order valence-corrected chi connectivity index (χ2v) is 7.52. The van der Waals surface area contributed by atoms with Crippen molar-refractivity contribution in [1.82, 2.24) is 5.32 Å². The molecule has 1 aliphatic heterocycles. The molecular formula is C17H23BClFN2O3. The fourth-order valence-corrected chi connectivity index (χ4v) is 2.54. The number of hydrogen-bond acceptors (Lipinski definition) is 4. The SMILES string of the molecule is CC(=O)NCC(=Cc1cc(F)c(N)cc1Cl)B1OC(C)(C)C(C)(C)O1. The van der Waals surface area contributed by atoms with Gasteiger partial charge in [-0.05, 0) is 50.9 Å². The molecule has 3 N–H and O–H groups in total. The predicted molar refractivity (Wildman–Crippen MR) is 98.6 cm³/mol. The van der Waals surface area contributed by atoms with Crippen LogP contribution in [0.3, 0.4) is 0 Å². The van der Waals surface area contributed by atoms with Crippen LogP contribution in [0, 0.1) is 5.82 Å². The molecule has 5 nitrogen and oxygen atoms in total. The van der Waals surface area contributed by atoms with E-state index in [0.717, 1.165) is 0 Å². The maximum atomic E-state index is 13.8. The first-order chi connectivity index (χ1) is 11.4. The summed E-state index contributed by atoms with van der Waals surface area (Å²) >= 11 is 6.17. The molecular weight excluding hydrogens is 345 g/mol. The zero-order chi connectivity index (χ0) is 19.0. The Bertz CT molecular complexity index is 706. The average molecular weight is 369 g/mol. The van der Waals surface area contributed by atoms with Gasteiger partial charge >= 0.3 is 7.12 Å². The summed E-state index contributed by atoms with van der Waals surface area (Å²) in [6, 6.07) is 2.60. The normalized spacial score (nSPS) is 19.2. The zero-order valence-electron chi connectivity index (χ0n) is 15.1. The quantitative estimate of drug-likeness (QED) is 0.632. The molecule has 0 bridgehead atoms. The van der Waals surface area contributed by atoms with Crippen molar-refractivity contribution in [1.29, 1.82) is 0 Å². The number of benzene rings is 1. The van der Waals surface area contributed by atoms with Gasteiger partial charge in [-0.2, -0.15) is 0 Å². The fourth-order valence-electron chi connectivity index (χ4n) is 2.31. The highest BCUT2D eigenvalue weighted by atomic mass is 35.5. The first-order valence-electron chi connectivity index (χ1n) is 7.98. The summed E-state index contributed by atoms with van der Waals surface area (Å²) in [5, 5.41) is 3.02. The third kappa shape index (κ3) is 4.34. The average Bonchev–Trinajstić information content (AvgIpc) is 2.68. The summed E-state index contributed by atoms with van der Waals surface area (Å²) in [5.41, 5.74) is 5.48. The minimum Gasteiger partial charge on any atom is -0.400 e. The van der Waals surface area contributed by atoms with Crippen molar-refractivity contribution in [2.75, 3.05) is 12.3 Å². The summed E-state index contributed by atoms with van der Waals surface area (Å²) < 4.78 is 25.8. The molecule has 1 aromatic carbocycles. The van der Waals surface area contributed by atoms with Crippen LogP contribution in [0.2, 0.25) is 5.02 Å². The van der Waals surface area contributed by atoms with Gasteiger partial charge in [-0.3, -0.25) is 4.79 Å². The Kier molecular flexibility index (Phi) is 5.51. The number of carbonyl (C=O) groups is 1. The summed E-state index contributed by atoms with van der Waals surface area (Å²) in [4.78, 5) is 11.3. The minimum absolute atomic E-state index is 0.0267. The van der Waals surface area contributed by atoms with E-state index in [1.807, 2.05) is 27.7 Å². The number of nitrogen functional groups attached to an aromatic ring is 1. The minimum atomic E-state index is -0.687. The molecule has 136 valence electrons. The Morgan fingerprint density at radius 1 is 1.32 bits per heavy atom. The molecule has 1 saturated heterocycles. The van der Waals surface area contributed by atoms with Crippen molar-refractivity contribution in [3.8, 4) is 0 Å². The van der Waals surface area contributed by atoms with Gasteiger partial charge in [-0.25, -0.2) is 4.39 Å². The Morgan fingerprint density at radius 3 is 2.40 bits per heavy atom. The van der Waals surface area contributed by atoms with Crippen molar-refractivity contribution < 1.29 is 18.5 Å². The van der Waals surface area contributed by atoms with Crippen LogP contribution in [-0.4, -0.2) is 30.8 Å². The lowest BCUT2D eigenvalue weighted by Gasteiger charge is -2.32. The molecule has 0 aliphatic carbocycles. The van der Waals surface area contributed by atoms with Crippen LogP contribution in [0.15, 0.2) is 17.6 Å². The summed E-state index contributed by atoms with van der Waals surface area (Å²) in [6.07, 6.45) is 1.66. The number of nitrogens with two attached hydrogens (primary N) is 1. The second kappa shape index (κ2) is 6.98. The Morgan fingerprint density at radius 2 is 1.88 bits per heavy atom. The predicted octanol–water partition coefficient (Wildman–Crippen LogP) is 3.21. The topological polar surface area (TPSA) is 73.6 Å². The van der Waals surface area contributed by atoms with Crippen LogP contribution in [0.1, 0.15) is 40.2 Å². The molecule has 1 heterocycles. The van der Waals surface area contributed by atoms with Gasteiger partial charge in [0.25, 0.3) is 0 Å². The van der Waals surface area contributed by atoms with E-state index in [2.05, 4.69) is 5.32 Å². The molecule has 1 amide bonds. The van der Waals surface area contributed by atoms with Crippen LogP contribution in [0.4, 0.5) is 10.1 Å². The van der Waals surface area contributed by atoms with E-state index in [9.17, 15) is 9.18 Å². The number of rotatable bonds is 4. The van der Waals surface area contributed by atoms with E-state index in [0.29, 0.717) is 16.1 Å². The largest absolute Gasteiger partial charge is 0.492 e. The number of nitrogens with one attached hydrogen (secondary N) is 1. The Balaban J connectivity index is 2.40. The van der Waals surface area contributed by atoms with Crippen molar-refractivity contribution in [3.05, 3.63) is 34.0 Å². The van der Waals surface area contributed by atoms with Gasteiger partial charge in [0.1, 0.15) is 5.82 Å². The molecule has 2 rings (SSSR count). The second-order valence-electron chi connectivity index (χ2n) is 7.11. The zero-order valence-corrected chi connectivity index (χ0v) is 15.8. The molecule has 0 spiro atoms. The molecule has 0 saturated carbocycles. The van der Waals surface area contributed by atoms with Gasteiger partial charge in [0.05, 0.1) is 21.9 Å². The van der Waals surface area contributed by atoms with E-state index in [4.69, 9.17) is 26.6 Å². The van der Waals surface area contributed by atoms with Gasteiger partial charge in [0.15, 0.2) is 0 Å². The lowest BCUT2D eigenvalue weighted by atomic mass is 9.77. The lowest BCUT2D eigenvalue weighted by molar-refractivity contribution is -0.118. The summed E-state index contributed by atoms with van der Waals surface area (Å²) in [5.74, 6) is -0.763. The van der Waals surface area contributed by atoms with Gasteiger partial charge in [-0.1, -0.05) is 17.7 Å². The third-order valence-electron chi connectivity index (χ3n) is 4.55. The van der Waals surface area contributed by atoms with E-state index >= 15 is 0 Å². The van der Waals surface area contributed by atoms with Crippen LogP contribution >= 0.6 is 11.6 Å². The van der Waals surface area contributed by atoms with E-state index in [1.54, 1.807) is 6.08 Å². The van der Waals surface area contributed by atoms with Gasteiger partial charge in [-0.15, -0.1) is 0 Å². The van der Waals surface area contributed by atoms with Crippen molar-refractivity contribution in [2.24, 2.45) is 0 Å². The number of amides is 1. The van der Waals surface area contributed by atoms with E-state index < -0.39 is 24.1 Å². The van der Waals surface area contributed by atoms with Crippen LogP contribution in [0.25, 0.3) is 6.08 Å². The van der Waals surface area contributed by atoms with Gasteiger partial charge in [0, 0.05) is 13.5 Å². The Labute approximate surface area is 152 Å². The van der Waals surface area contributed by atoms with Crippen LogP contribution in [0.5, 0.6) is 0 Å². The van der Waals surface area contributed by atoms with Crippen molar-refractivity contribution in [2.45, 2.75) is 45.8 Å². The molecule has 8 heteroatoms. The van der Waals surface area contributed by atoms with E-state index in [1.165, 1.54) is 19.1 Å². The number of hydrogen-bond donors (Lipinski definition) is 2. The highest BCUT2D eigenvalue weighted by Crippen LogP contribution is 2.39.